The SMILES string of the molecule is O=C(C(c1ccccc1)N1CCN(c2nccs2)CC1)N1CCCC1. The summed E-state index contributed by atoms with van der Waals surface area (Å²) >= 11 is 1.68. The minimum Gasteiger partial charge on any atom is -0.346 e. The van der Waals surface area contributed by atoms with E-state index in [-0.39, 0.29) is 11.9 Å². The molecule has 0 radical (unpaired) electrons. The first-order chi connectivity index (χ1) is 12.3. The molecule has 3 heterocycles. The van der Waals surface area contributed by atoms with Gasteiger partial charge in [0.25, 0.3) is 0 Å². The summed E-state index contributed by atoms with van der Waals surface area (Å²) in [6, 6.07) is 10.1. The second-order valence-corrected chi connectivity index (χ2v) is 7.56. The third-order valence-corrected chi connectivity index (χ3v) is 5.97. The maximum absolute atomic E-state index is 13.2. The fourth-order valence-electron chi connectivity index (χ4n) is 3.80. The lowest BCUT2D eigenvalue weighted by Crippen LogP contribution is -2.51. The van der Waals surface area contributed by atoms with Crippen LogP contribution in [0.5, 0.6) is 0 Å². The Balaban J connectivity index is 1.51. The summed E-state index contributed by atoms with van der Waals surface area (Å²) in [5.74, 6) is 0.270. The van der Waals surface area contributed by atoms with Gasteiger partial charge in [0.15, 0.2) is 5.13 Å². The molecule has 0 saturated carbocycles. The molecule has 2 aromatic rings. The normalized spacial score (nSPS) is 20.0. The molecule has 1 unspecified atom stereocenters. The van der Waals surface area contributed by atoms with Gasteiger partial charge in [0.05, 0.1) is 0 Å². The molecule has 0 spiro atoms. The number of amides is 1. The number of carbonyl (C=O) groups excluding carboxylic acids is 1. The summed E-state index contributed by atoms with van der Waals surface area (Å²) in [5, 5.41) is 3.10. The monoisotopic (exact) mass is 356 g/mol. The summed E-state index contributed by atoms with van der Waals surface area (Å²) in [5.41, 5.74) is 1.11. The second kappa shape index (κ2) is 7.54. The van der Waals surface area contributed by atoms with Crippen LogP contribution in [0.4, 0.5) is 5.13 Å². The third-order valence-electron chi connectivity index (χ3n) is 5.14. The number of nitrogens with zero attached hydrogens (tertiary/aromatic N) is 4. The van der Waals surface area contributed by atoms with E-state index in [1.807, 2.05) is 34.7 Å². The molecular weight excluding hydrogens is 332 g/mol. The highest BCUT2D eigenvalue weighted by atomic mass is 32.1. The number of piperazine rings is 1. The first kappa shape index (κ1) is 16.5. The Morgan fingerprint density at radius 3 is 2.36 bits per heavy atom. The summed E-state index contributed by atoms with van der Waals surface area (Å²) < 4.78 is 0. The summed E-state index contributed by atoms with van der Waals surface area (Å²) in [7, 11) is 0. The van der Waals surface area contributed by atoms with Gasteiger partial charge in [0.1, 0.15) is 6.04 Å². The maximum Gasteiger partial charge on any atom is 0.244 e. The van der Waals surface area contributed by atoms with Crippen LogP contribution in [0.1, 0.15) is 24.4 Å². The molecule has 0 aliphatic carbocycles. The number of thiazole rings is 1. The van der Waals surface area contributed by atoms with Crippen molar-refractivity contribution in [1.82, 2.24) is 14.8 Å². The zero-order valence-electron chi connectivity index (χ0n) is 14.4. The molecule has 25 heavy (non-hydrogen) atoms. The number of likely N-dealkylation sites (tertiary alicyclic amines) is 1. The molecule has 132 valence electrons. The second-order valence-electron chi connectivity index (χ2n) is 6.68. The van der Waals surface area contributed by atoms with Crippen molar-refractivity contribution in [2.24, 2.45) is 0 Å². The van der Waals surface area contributed by atoms with Gasteiger partial charge in [-0.05, 0) is 18.4 Å². The molecule has 4 rings (SSSR count). The Bertz CT molecular complexity index is 677. The number of carbonyl (C=O) groups is 1. The molecule has 5 nitrogen and oxygen atoms in total. The number of aromatic nitrogens is 1. The van der Waals surface area contributed by atoms with Crippen LogP contribution in [0.3, 0.4) is 0 Å². The van der Waals surface area contributed by atoms with Gasteiger partial charge < -0.3 is 9.80 Å². The van der Waals surface area contributed by atoms with Crippen LogP contribution in [0.15, 0.2) is 41.9 Å². The van der Waals surface area contributed by atoms with Gasteiger partial charge in [0, 0.05) is 50.8 Å². The van der Waals surface area contributed by atoms with Crippen molar-refractivity contribution in [2.45, 2.75) is 18.9 Å². The molecule has 0 N–H and O–H groups in total. The van der Waals surface area contributed by atoms with Crippen LogP contribution >= 0.6 is 11.3 Å². The van der Waals surface area contributed by atoms with E-state index in [1.54, 1.807) is 11.3 Å². The maximum atomic E-state index is 13.2. The molecule has 1 amide bonds. The van der Waals surface area contributed by atoms with Crippen LogP contribution in [-0.4, -0.2) is 60.0 Å². The van der Waals surface area contributed by atoms with Gasteiger partial charge in [-0.1, -0.05) is 30.3 Å². The molecule has 6 heteroatoms. The molecular formula is C19H24N4OS. The van der Waals surface area contributed by atoms with Crippen molar-refractivity contribution in [1.29, 1.82) is 0 Å². The van der Waals surface area contributed by atoms with E-state index in [0.29, 0.717) is 0 Å². The van der Waals surface area contributed by atoms with E-state index in [2.05, 4.69) is 26.9 Å². The van der Waals surface area contributed by atoms with Gasteiger partial charge in [-0.25, -0.2) is 4.98 Å². The minimum atomic E-state index is -0.155. The van der Waals surface area contributed by atoms with Crippen LogP contribution in [-0.2, 0) is 4.79 Å². The first-order valence-corrected chi connectivity index (χ1v) is 9.93. The summed E-state index contributed by atoms with van der Waals surface area (Å²) in [6.45, 7) is 5.42. The largest absolute Gasteiger partial charge is 0.346 e. The van der Waals surface area contributed by atoms with Crippen LogP contribution in [0.25, 0.3) is 0 Å². The van der Waals surface area contributed by atoms with E-state index < -0.39 is 0 Å². The highest BCUT2D eigenvalue weighted by Gasteiger charge is 2.34. The van der Waals surface area contributed by atoms with Gasteiger partial charge >= 0.3 is 0 Å². The van der Waals surface area contributed by atoms with Crippen LogP contribution in [0, 0.1) is 0 Å². The Kier molecular flexibility index (Phi) is 4.99. The number of anilines is 1. The average Bonchev–Trinajstić information content (AvgIpc) is 3.37. The van der Waals surface area contributed by atoms with Crippen molar-refractivity contribution in [3.05, 3.63) is 47.5 Å². The van der Waals surface area contributed by atoms with Crippen molar-refractivity contribution in [3.8, 4) is 0 Å². The van der Waals surface area contributed by atoms with Crippen molar-refractivity contribution in [3.63, 3.8) is 0 Å². The lowest BCUT2D eigenvalue weighted by molar-refractivity contribution is -0.136. The fourth-order valence-corrected chi connectivity index (χ4v) is 4.50. The van der Waals surface area contributed by atoms with E-state index in [9.17, 15) is 4.79 Å². The molecule has 2 aliphatic rings. The van der Waals surface area contributed by atoms with Crippen LogP contribution < -0.4 is 4.90 Å². The van der Waals surface area contributed by atoms with Crippen molar-refractivity contribution < 1.29 is 4.79 Å². The third kappa shape index (κ3) is 3.55. The Morgan fingerprint density at radius 2 is 1.72 bits per heavy atom. The van der Waals surface area contributed by atoms with E-state index in [4.69, 9.17) is 0 Å². The molecule has 2 fully saturated rings. The number of rotatable bonds is 4. The number of hydrogen-bond acceptors (Lipinski definition) is 5. The molecule has 2 saturated heterocycles. The predicted molar refractivity (Wildman–Crippen MR) is 101 cm³/mol. The number of hydrogen-bond donors (Lipinski definition) is 0. The van der Waals surface area contributed by atoms with Crippen LogP contribution in [0.2, 0.25) is 0 Å². The van der Waals surface area contributed by atoms with E-state index in [1.165, 1.54) is 0 Å². The average molecular weight is 356 g/mol. The van der Waals surface area contributed by atoms with Crippen molar-refractivity contribution in [2.75, 3.05) is 44.2 Å². The summed E-state index contributed by atoms with van der Waals surface area (Å²) in [4.78, 5) is 24.3. The van der Waals surface area contributed by atoms with Crippen molar-refractivity contribution >= 4 is 22.4 Å². The summed E-state index contributed by atoms with van der Waals surface area (Å²) in [6.07, 6.45) is 4.12. The van der Waals surface area contributed by atoms with Gasteiger partial charge in [-0.2, -0.15) is 0 Å². The predicted octanol–water partition coefficient (Wildman–Crippen LogP) is 2.63. The minimum absolute atomic E-state index is 0.155. The Labute approximate surface area is 152 Å². The zero-order valence-corrected chi connectivity index (χ0v) is 15.2. The highest BCUT2D eigenvalue weighted by molar-refractivity contribution is 7.13. The molecule has 0 bridgehead atoms. The number of benzene rings is 1. The molecule has 1 aromatic carbocycles. The fraction of sp³-hybridized carbons (Fsp3) is 0.474. The van der Waals surface area contributed by atoms with Gasteiger partial charge in [0.2, 0.25) is 5.91 Å². The Morgan fingerprint density at radius 1 is 1.00 bits per heavy atom. The lowest BCUT2D eigenvalue weighted by Gasteiger charge is -2.39. The standard InChI is InChI=1S/C19H24N4OS/c24-18(22-9-4-5-10-22)17(16-6-2-1-3-7-16)21-11-13-23(14-12-21)19-20-8-15-25-19/h1-3,6-8,15,17H,4-5,9-14H2. The molecule has 2 aliphatic heterocycles. The van der Waals surface area contributed by atoms with E-state index in [0.717, 1.165) is 62.8 Å². The topological polar surface area (TPSA) is 39.7 Å². The quantitative estimate of drug-likeness (QED) is 0.844. The van der Waals surface area contributed by atoms with E-state index >= 15 is 0 Å². The molecule has 1 aromatic heterocycles. The van der Waals surface area contributed by atoms with Gasteiger partial charge in [-0.15, -0.1) is 11.3 Å². The lowest BCUT2D eigenvalue weighted by atomic mass is 10.0. The van der Waals surface area contributed by atoms with Gasteiger partial charge in [-0.3, -0.25) is 9.69 Å². The first-order valence-electron chi connectivity index (χ1n) is 9.05. The Hall–Kier alpha value is -1.92. The zero-order chi connectivity index (χ0) is 17.1. The highest BCUT2D eigenvalue weighted by Crippen LogP contribution is 2.28. The smallest absolute Gasteiger partial charge is 0.244 e. The molecule has 1 atom stereocenters.